The number of nitrogens with zero attached hydrogens (tertiary/aromatic N) is 1. The Bertz CT molecular complexity index is 824. The van der Waals surface area contributed by atoms with Crippen molar-refractivity contribution in [2.75, 3.05) is 12.4 Å². The van der Waals surface area contributed by atoms with Gasteiger partial charge < -0.3 is 15.2 Å². The lowest BCUT2D eigenvalue weighted by molar-refractivity contribution is -0.124. The van der Waals surface area contributed by atoms with Crippen LogP contribution in [0.1, 0.15) is 18.4 Å². The fraction of sp³-hybridized carbons (Fsp3) is 0.167. The van der Waals surface area contributed by atoms with E-state index in [9.17, 15) is 14.7 Å². The lowest BCUT2D eigenvalue weighted by Crippen LogP contribution is -2.20. The zero-order valence-corrected chi connectivity index (χ0v) is 14.8. The van der Waals surface area contributed by atoms with Crippen LogP contribution in [-0.4, -0.2) is 30.2 Å². The monoisotopic (exact) mass is 375 g/mol. The Kier molecular flexibility index (Phi) is 6.99. The van der Waals surface area contributed by atoms with Gasteiger partial charge in [-0.15, -0.1) is 0 Å². The highest BCUT2D eigenvalue weighted by Gasteiger charge is 2.08. The van der Waals surface area contributed by atoms with Gasteiger partial charge in [0.05, 0.1) is 24.0 Å². The van der Waals surface area contributed by atoms with Gasteiger partial charge in [-0.1, -0.05) is 23.7 Å². The molecule has 136 valence electrons. The van der Waals surface area contributed by atoms with Gasteiger partial charge in [-0.25, -0.2) is 5.43 Å². The second kappa shape index (κ2) is 9.43. The number of hydrazone groups is 1. The maximum absolute atomic E-state index is 11.8. The molecule has 2 aromatic rings. The highest BCUT2D eigenvalue weighted by atomic mass is 35.5. The van der Waals surface area contributed by atoms with E-state index in [2.05, 4.69) is 15.8 Å². The van der Waals surface area contributed by atoms with Crippen LogP contribution in [0.3, 0.4) is 0 Å². The Morgan fingerprint density at radius 3 is 2.65 bits per heavy atom. The number of nitrogens with one attached hydrogen (secondary N) is 2. The number of halogens is 1. The van der Waals surface area contributed by atoms with Crippen molar-refractivity contribution in [3.8, 4) is 11.5 Å². The molecule has 0 radical (unpaired) electrons. The summed E-state index contributed by atoms with van der Waals surface area (Å²) in [6, 6.07) is 11.5. The summed E-state index contributed by atoms with van der Waals surface area (Å²) in [5.41, 5.74) is 3.47. The average molecular weight is 376 g/mol. The molecule has 0 aliphatic carbocycles. The van der Waals surface area contributed by atoms with Crippen molar-refractivity contribution >= 4 is 35.3 Å². The maximum atomic E-state index is 11.8. The highest BCUT2D eigenvalue weighted by Crippen LogP contribution is 2.25. The molecular weight excluding hydrogens is 358 g/mol. The molecule has 0 bridgehead atoms. The molecule has 0 saturated carbocycles. The fourth-order valence-electron chi connectivity index (χ4n) is 2.01. The van der Waals surface area contributed by atoms with E-state index in [0.29, 0.717) is 22.0 Å². The van der Waals surface area contributed by atoms with E-state index in [1.165, 1.54) is 19.4 Å². The van der Waals surface area contributed by atoms with Crippen molar-refractivity contribution in [1.82, 2.24) is 5.43 Å². The first-order chi connectivity index (χ1) is 12.5. The SMILES string of the molecule is COc1cc(C=NNC(=O)CCC(=O)Nc2ccccc2Cl)ccc1O. The number of hydrogen-bond acceptors (Lipinski definition) is 5. The minimum atomic E-state index is -0.402. The first-order valence-corrected chi connectivity index (χ1v) is 8.10. The molecule has 0 spiro atoms. The quantitative estimate of drug-likeness (QED) is 0.511. The number of ether oxygens (including phenoxy) is 1. The van der Waals surface area contributed by atoms with Crippen LogP contribution in [0.25, 0.3) is 0 Å². The number of phenolic OH excluding ortho intramolecular Hbond substituents is 1. The number of benzene rings is 2. The van der Waals surface area contributed by atoms with Crippen LogP contribution in [0.4, 0.5) is 5.69 Å². The minimum absolute atomic E-state index is 0.000388. The number of para-hydroxylation sites is 1. The van der Waals surface area contributed by atoms with E-state index in [1.54, 1.807) is 36.4 Å². The van der Waals surface area contributed by atoms with Gasteiger partial charge in [0.15, 0.2) is 11.5 Å². The third kappa shape index (κ3) is 5.78. The standard InChI is InChI=1S/C18H18ClN3O4/c1-26-16-10-12(6-7-15(16)23)11-20-22-18(25)9-8-17(24)21-14-5-3-2-4-13(14)19/h2-7,10-11,23H,8-9H2,1H3,(H,21,24)(H,22,25). The average Bonchev–Trinajstić information content (AvgIpc) is 2.63. The number of hydrogen-bond donors (Lipinski definition) is 3. The van der Waals surface area contributed by atoms with E-state index < -0.39 is 5.91 Å². The van der Waals surface area contributed by atoms with Gasteiger partial charge in [0.2, 0.25) is 11.8 Å². The van der Waals surface area contributed by atoms with E-state index in [-0.39, 0.29) is 24.5 Å². The summed E-state index contributed by atoms with van der Waals surface area (Å²) in [4.78, 5) is 23.6. The largest absolute Gasteiger partial charge is 0.504 e. The Morgan fingerprint density at radius 1 is 1.19 bits per heavy atom. The molecule has 0 aromatic heterocycles. The van der Waals surface area contributed by atoms with E-state index in [4.69, 9.17) is 16.3 Å². The van der Waals surface area contributed by atoms with Crippen molar-refractivity contribution in [3.63, 3.8) is 0 Å². The number of aromatic hydroxyl groups is 1. The van der Waals surface area contributed by atoms with Crippen molar-refractivity contribution in [2.24, 2.45) is 5.10 Å². The molecule has 2 rings (SSSR count). The topological polar surface area (TPSA) is 100 Å². The Labute approximate surface area is 155 Å². The number of anilines is 1. The van der Waals surface area contributed by atoms with Gasteiger partial charge in [0.25, 0.3) is 0 Å². The van der Waals surface area contributed by atoms with E-state index >= 15 is 0 Å². The Morgan fingerprint density at radius 2 is 1.92 bits per heavy atom. The summed E-state index contributed by atoms with van der Waals surface area (Å²) in [7, 11) is 1.44. The van der Waals surface area contributed by atoms with Crippen LogP contribution in [0.5, 0.6) is 11.5 Å². The number of amides is 2. The van der Waals surface area contributed by atoms with Crippen molar-refractivity contribution in [1.29, 1.82) is 0 Å². The molecule has 3 N–H and O–H groups in total. The Balaban J connectivity index is 1.78. The molecule has 0 aliphatic heterocycles. The summed E-state index contributed by atoms with van der Waals surface area (Å²) < 4.78 is 4.98. The van der Waals surface area contributed by atoms with E-state index in [0.717, 1.165) is 0 Å². The summed E-state index contributed by atoms with van der Waals surface area (Å²) in [6.45, 7) is 0. The fourth-order valence-corrected chi connectivity index (χ4v) is 2.19. The molecule has 2 aromatic carbocycles. The van der Waals surface area contributed by atoms with Gasteiger partial charge in [-0.2, -0.15) is 5.10 Å². The molecule has 2 amide bonds. The molecule has 0 saturated heterocycles. The van der Waals surface area contributed by atoms with Crippen LogP contribution in [-0.2, 0) is 9.59 Å². The third-order valence-corrected chi connectivity index (χ3v) is 3.66. The summed E-state index contributed by atoms with van der Waals surface area (Å²) >= 11 is 5.95. The highest BCUT2D eigenvalue weighted by molar-refractivity contribution is 6.33. The van der Waals surface area contributed by atoms with Crippen LogP contribution in [0.15, 0.2) is 47.6 Å². The smallest absolute Gasteiger partial charge is 0.240 e. The lowest BCUT2D eigenvalue weighted by Gasteiger charge is -2.06. The van der Waals surface area contributed by atoms with Crippen LogP contribution >= 0.6 is 11.6 Å². The summed E-state index contributed by atoms with van der Waals surface area (Å²) in [5, 5.41) is 16.4. The molecule has 7 nitrogen and oxygen atoms in total. The van der Waals surface area contributed by atoms with Crippen molar-refractivity contribution < 1.29 is 19.4 Å². The summed E-state index contributed by atoms with van der Waals surface area (Å²) in [5.74, 6) is -0.406. The Hall–Kier alpha value is -3.06. The molecule has 0 atom stereocenters. The van der Waals surface area contributed by atoms with Crippen molar-refractivity contribution in [3.05, 3.63) is 53.1 Å². The molecule has 26 heavy (non-hydrogen) atoms. The predicted molar refractivity (Wildman–Crippen MR) is 99.7 cm³/mol. The third-order valence-electron chi connectivity index (χ3n) is 3.33. The minimum Gasteiger partial charge on any atom is -0.504 e. The maximum Gasteiger partial charge on any atom is 0.240 e. The van der Waals surface area contributed by atoms with Crippen LogP contribution in [0.2, 0.25) is 5.02 Å². The predicted octanol–water partition coefficient (Wildman–Crippen LogP) is 2.92. The normalized spacial score (nSPS) is 10.5. The lowest BCUT2D eigenvalue weighted by atomic mass is 10.2. The second-order valence-electron chi connectivity index (χ2n) is 5.25. The number of carbonyl (C=O) groups is 2. The first kappa shape index (κ1) is 19.3. The molecule has 0 heterocycles. The molecule has 0 fully saturated rings. The van der Waals surface area contributed by atoms with Gasteiger partial charge in [0, 0.05) is 12.8 Å². The van der Waals surface area contributed by atoms with Gasteiger partial charge in [-0.3, -0.25) is 9.59 Å². The van der Waals surface area contributed by atoms with E-state index in [1.807, 2.05) is 0 Å². The number of carbonyl (C=O) groups excluding carboxylic acids is 2. The van der Waals surface area contributed by atoms with Gasteiger partial charge >= 0.3 is 0 Å². The number of rotatable bonds is 7. The van der Waals surface area contributed by atoms with Gasteiger partial charge in [0.1, 0.15) is 0 Å². The zero-order chi connectivity index (χ0) is 18.9. The summed E-state index contributed by atoms with van der Waals surface area (Å²) in [6.07, 6.45) is 1.38. The molecular formula is C18H18ClN3O4. The molecule has 0 aliphatic rings. The second-order valence-corrected chi connectivity index (χ2v) is 5.66. The first-order valence-electron chi connectivity index (χ1n) is 7.73. The number of phenols is 1. The molecule has 0 unspecified atom stereocenters. The number of methoxy groups -OCH3 is 1. The van der Waals surface area contributed by atoms with Crippen LogP contribution in [0, 0.1) is 0 Å². The van der Waals surface area contributed by atoms with Gasteiger partial charge in [-0.05, 0) is 35.9 Å². The van der Waals surface area contributed by atoms with Crippen LogP contribution < -0.4 is 15.5 Å². The molecule has 8 heteroatoms. The van der Waals surface area contributed by atoms with Crippen molar-refractivity contribution in [2.45, 2.75) is 12.8 Å². The zero-order valence-electron chi connectivity index (χ0n) is 14.0.